The summed E-state index contributed by atoms with van der Waals surface area (Å²) in [6, 6.07) is 11.5. The number of rotatable bonds is 3. The maximum absolute atomic E-state index is 12.8. The smallest absolute Gasteiger partial charge is 0.185 e. The predicted octanol–water partition coefficient (Wildman–Crippen LogP) is 4.05. The van der Waals surface area contributed by atoms with Gasteiger partial charge in [-0.1, -0.05) is 18.2 Å². The number of ether oxygens (including phenoxy) is 1. The van der Waals surface area contributed by atoms with Crippen molar-refractivity contribution in [1.29, 1.82) is 0 Å². The fourth-order valence-electron chi connectivity index (χ4n) is 2.42. The highest BCUT2D eigenvalue weighted by Gasteiger charge is 2.19. The number of ketones is 1. The Morgan fingerprint density at radius 1 is 1.24 bits per heavy atom. The van der Waals surface area contributed by atoms with Gasteiger partial charge in [-0.15, -0.1) is 0 Å². The molecule has 21 heavy (non-hydrogen) atoms. The lowest BCUT2D eigenvalue weighted by Gasteiger charge is -2.02. The number of benzene rings is 2. The second kappa shape index (κ2) is 5.52. The molecule has 2 aromatic carbocycles. The molecule has 3 heteroatoms. The Morgan fingerprint density at radius 3 is 2.76 bits per heavy atom. The Hall–Kier alpha value is -2.42. The fraction of sp³-hybridized carbons (Fsp3) is 0.167. The van der Waals surface area contributed by atoms with E-state index >= 15 is 0 Å². The molecule has 0 bridgehead atoms. The van der Waals surface area contributed by atoms with Gasteiger partial charge < -0.3 is 4.74 Å². The van der Waals surface area contributed by atoms with Crippen molar-refractivity contribution in [3.8, 4) is 5.75 Å². The van der Waals surface area contributed by atoms with E-state index in [9.17, 15) is 9.18 Å². The van der Waals surface area contributed by atoms with Gasteiger partial charge in [0, 0.05) is 12.0 Å². The summed E-state index contributed by atoms with van der Waals surface area (Å²) in [7, 11) is 0. The molecule has 0 spiro atoms. The van der Waals surface area contributed by atoms with Crippen LogP contribution in [0.5, 0.6) is 5.75 Å². The molecule has 1 heterocycles. The van der Waals surface area contributed by atoms with Crippen LogP contribution < -0.4 is 4.74 Å². The molecule has 3 rings (SSSR count). The summed E-state index contributed by atoms with van der Waals surface area (Å²) in [5.41, 5.74) is 2.51. The number of carbonyl (C=O) groups is 1. The van der Waals surface area contributed by atoms with Crippen molar-refractivity contribution in [2.45, 2.75) is 19.4 Å². The minimum absolute atomic E-state index is 0.0679. The van der Waals surface area contributed by atoms with Gasteiger partial charge in [0.25, 0.3) is 0 Å². The molecule has 0 unspecified atom stereocenters. The first-order valence-corrected chi connectivity index (χ1v) is 6.89. The first-order chi connectivity index (χ1) is 10.1. The number of hydrogen-bond acceptors (Lipinski definition) is 2. The van der Waals surface area contributed by atoms with Crippen molar-refractivity contribution in [1.82, 2.24) is 0 Å². The zero-order valence-electron chi connectivity index (χ0n) is 11.7. The maximum atomic E-state index is 12.8. The molecule has 2 aromatic rings. The second-order valence-corrected chi connectivity index (χ2v) is 5.20. The van der Waals surface area contributed by atoms with Crippen LogP contribution >= 0.6 is 0 Å². The van der Waals surface area contributed by atoms with Gasteiger partial charge in [-0.25, -0.2) is 4.39 Å². The Bertz CT molecular complexity index is 702. The fourth-order valence-corrected chi connectivity index (χ4v) is 2.42. The quantitative estimate of drug-likeness (QED) is 0.627. The number of carbonyl (C=O) groups excluding carboxylic acids is 1. The zero-order valence-corrected chi connectivity index (χ0v) is 11.7. The summed E-state index contributed by atoms with van der Waals surface area (Å²) in [5.74, 6) is 0.509. The van der Waals surface area contributed by atoms with Gasteiger partial charge in [0.2, 0.25) is 0 Å². The van der Waals surface area contributed by atoms with Crippen LogP contribution in [0.1, 0.15) is 28.4 Å². The molecule has 106 valence electrons. The third-order valence-electron chi connectivity index (χ3n) is 3.48. The van der Waals surface area contributed by atoms with E-state index in [2.05, 4.69) is 0 Å². The van der Waals surface area contributed by atoms with Crippen molar-refractivity contribution in [3.63, 3.8) is 0 Å². The molecule has 0 aromatic heterocycles. The van der Waals surface area contributed by atoms with Gasteiger partial charge in [0.05, 0.1) is 0 Å². The summed E-state index contributed by atoms with van der Waals surface area (Å²) in [6.07, 6.45) is 4.19. The highest BCUT2D eigenvalue weighted by molar-refractivity contribution is 6.07. The van der Waals surface area contributed by atoms with Crippen LogP contribution in [0.3, 0.4) is 0 Å². The van der Waals surface area contributed by atoms with Crippen LogP contribution in [0.4, 0.5) is 4.39 Å². The van der Waals surface area contributed by atoms with E-state index in [4.69, 9.17) is 4.74 Å². The van der Waals surface area contributed by atoms with E-state index in [0.29, 0.717) is 5.56 Å². The summed E-state index contributed by atoms with van der Waals surface area (Å²) in [4.78, 5) is 12.2. The largest absolute Gasteiger partial charge is 0.490 e. The van der Waals surface area contributed by atoms with Crippen LogP contribution in [0.15, 0.2) is 48.5 Å². The molecular formula is C18H15FO2. The summed E-state index contributed by atoms with van der Waals surface area (Å²) in [6.45, 7) is 2.01. The Kier molecular flexibility index (Phi) is 3.57. The lowest BCUT2D eigenvalue weighted by molar-refractivity contribution is 0.104. The highest BCUT2D eigenvalue weighted by atomic mass is 19.1. The molecule has 0 N–H and O–H groups in total. The maximum Gasteiger partial charge on any atom is 0.185 e. The monoisotopic (exact) mass is 282 g/mol. The van der Waals surface area contributed by atoms with Crippen molar-refractivity contribution < 1.29 is 13.9 Å². The van der Waals surface area contributed by atoms with Crippen LogP contribution in [-0.4, -0.2) is 11.9 Å². The van der Waals surface area contributed by atoms with Crippen LogP contribution in [0.2, 0.25) is 0 Å². The van der Waals surface area contributed by atoms with Gasteiger partial charge in [-0.3, -0.25) is 4.79 Å². The van der Waals surface area contributed by atoms with Crippen molar-refractivity contribution in [2.75, 3.05) is 0 Å². The third-order valence-corrected chi connectivity index (χ3v) is 3.48. The minimum atomic E-state index is -0.286. The molecule has 2 nitrogen and oxygen atoms in total. The van der Waals surface area contributed by atoms with E-state index in [1.807, 2.05) is 19.1 Å². The van der Waals surface area contributed by atoms with Gasteiger partial charge >= 0.3 is 0 Å². The normalized spacial score (nSPS) is 16.8. The minimum Gasteiger partial charge on any atom is -0.490 e. The second-order valence-electron chi connectivity index (χ2n) is 5.20. The molecule has 0 amide bonds. The first kappa shape index (κ1) is 13.6. The topological polar surface area (TPSA) is 26.3 Å². The third kappa shape index (κ3) is 3.02. The van der Waals surface area contributed by atoms with Crippen molar-refractivity contribution in [3.05, 3.63) is 71.0 Å². The zero-order chi connectivity index (χ0) is 14.8. The van der Waals surface area contributed by atoms with E-state index in [1.165, 1.54) is 18.2 Å². The van der Waals surface area contributed by atoms with Gasteiger partial charge in [0.1, 0.15) is 17.7 Å². The van der Waals surface area contributed by atoms with E-state index < -0.39 is 0 Å². The highest BCUT2D eigenvalue weighted by Crippen LogP contribution is 2.29. The summed E-state index contributed by atoms with van der Waals surface area (Å²) in [5, 5.41) is 0. The lowest BCUT2D eigenvalue weighted by atomic mass is 10.0. The van der Waals surface area contributed by atoms with Crippen LogP contribution in [-0.2, 0) is 6.42 Å². The standard InChI is InChI=1S/C18H15FO2/c1-12-10-15-11-14(5-9-18(15)21-12)17(20)8-4-13-2-6-16(19)7-3-13/h2-9,11-12H,10H2,1H3/b8-4+/t12-/m1/s1. The Labute approximate surface area is 122 Å². The molecule has 0 saturated carbocycles. The number of hydrogen-bond donors (Lipinski definition) is 0. The van der Waals surface area contributed by atoms with Crippen molar-refractivity contribution in [2.24, 2.45) is 0 Å². The van der Waals surface area contributed by atoms with Gasteiger partial charge in [0.15, 0.2) is 5.78 Å². The molecule has 0 radical (unpaired) electrons. The molecule has 1 aliphatic rings. The number of fused-ring (bicyclic) bond motifs is 1. The summed E-state index contributed by atoms with van der Waals surface area (Å²) < 4.78 is 18.4. The van der Waals surface area contributed by atoms with Gasteiger partial charge in [-0.2, -0.15) is 0 Å². The Morgan fingerprint density at radius 2 is 2.00 bits per heavy atom. The lowest BCUT2D eigenvalue weighted by Crippen LogP contribution is -2.05. The molecule has 1 aliphatic heterocycles. The molecular weight excluding hydrogens is 267 g/mol. The van der Waals surface area contributed by atoms with E-state index in [-0.39, 0.29) is 17.7 Å². The molecule has 0 saturated heterocycles. The average Bonchev–Trinajstić information content (AvgIpc) is 2.85. The first-order valence-electron chi connectivity index (χ1n) is 6.89. The average molecular weight is 282 g/mol. The number of halogens is 1. The Balaban J connectivity index is 1.77. The van der Waals surface area contributed by atoms with Crippen molar-refractivity contribution >= 4 is 11.9 Å². The molecule has 1 atom stereocenters. The predicted molar refractivity (Wildman–Crippen MR) is 80.0 cm³/mol. The van der Waals surface area contributed by atoms with E-state index in [0.717, 1.165) is 23.3 Å². The van der Waals surface area contributed by atoms with Crippen LogP contribution in [0, 0.1) is 5.82 Å². The SMILES string of the molecule is C[C@@H]1Cc2cc(C(=O)/C=C/c3ccc(F)cc3)ccc2O1. The van der Waals surface area contributed by atoms with Crippen LogP contribution in [0.25, 0.3) is 6.08 Å². The van der Waals surface area contributed by atoms with E-state index in [1.54, 1.807) is 24.3 Å². The molecule has 0 fully saturated rings. The summed E-state index contributed by atoms with van der Waals surface area (Å²) >= 11 is 0. The van der Waals surface area contributed by atoms with Gasteiger partial charge in [-0.05, 0) is 54.5 Å². The molecule has 0 aliphatic carbocycles. The number of allylic oxidation sites excluding steroid dienone is 1.